The Morgan fingerprint density at radius 2 is 1.90 bits per heavy atom. The van der Waals surface area contributed by atoms with Gasteiger partial charge < -0.3 is 15.4 Å². The van der Waals surface area contributed by atoms with E-state index >= 15 is 0 Å². The monoisotopic (exact) mass is 397 g/mol. The van der Waals surface area contributed by atoms with E-state index in [2.05, 4.69) is 15.7 Å². The Morgan fingerprint density at radius 1 is 1.10 bits per heavy atom. The maximum atomic E-state index is 12.1. The first kappa shape index (κ1) is 20.1. The van der Waals surface area contributed by atoms with Crippen molar-refractivity contribution in [2.45, 2.75) is 19.9 Å². The SMILES string of the molecule is CCOc1ccc(C(=O)NCC(=O)NCCCn2nc3ccccn3c2=O)cc1. The molecule has 0 saturated carbocycles. The van der Waals surface area contributed by atoms with Crippen molar-refractivity contribution in [1.29, 1.82) is 0 Å². The summed E-state index contributed by atoms with van der Waals surface area (Å²) in [5.74, 6) is 0.0533. The van der Waals surface area contributed by atoms with Crippen LogP contribution in [0.15, 0.2) is 53.5 Å². The first-order valence-electron chi connectivity index (χ1n) is 9.40. The lowest BCUT2D eigenvalue weighted by molar-refractivity contribution is -0.120. The van der Waals surface area contributed by atoms with Crippen molar-refractivity contribution < 1.29 is 14.3 Å². The zero-order valence-electron chi connectivity index (χ0n) is 16.1. The molecule has 0 bridgehead atoms. The van der Waals surface area contributed by atoms with E-state index in [-0.39, 0.29) is 24.0 Å². The van der Waals surface area contributed by atoms with Gasteiger partial charge in [-0.1, -0.05) is 6.07 Å². The standard InChI is InChI=1S/C20H23N5O4/c1-2-29-16-9-7-15(8-10-16)19(27)22-14-18(26)21-11-5-13-25-20(28)24-12-4-3-6-17(24)23-25/h3-4,6-10,12H,2,5,11,13-14H2,1H3,(H,21,26)(H,22,27). The molecular weight excluding hydrogens is 374 g/mol. The molecule has 0 aliphatic heterocycles. The van der Waals surface area contributed by atoms with Crippen LogP contribution in [0.3, 0.4) is 0 Å². The summed E-state index contributed by atoms with van der Waals surface area (Å²) in [6.45, 7) is 3.07. The Balaban J connectivity index is 1.39. The average Bonchev–Trinajstić information content (AvgIpc) is 3.06. The zero-order chi connectivity index (χ0) is 20.6. The molecule has 9 heteroatoms. The smallest absolute Gasteiger partial charge is 0.350 e. The molecule has 3 rings (SSSR count). The van der Waals surface area contributed by atoms with E-state index in [1.165, 1.54) is 9.08 Å². The van der Waals surface area contributed by atoms with Gasteiger partial charge in [0.1, 0.15) is 5.75 Å². The number of hydrogen-bond acceptors (Lipinski definition) is 5. The molecule has 0 radical (unpaired) electrons. The highest BCUT2D eigenvalue weighted by Crippen LogP contribution is 2.11. The first-order valence-corrected chi connectivity index (χ1v) is 9.40. The van der Waals surface area contributed by atoms with Gasteiger partial charge >= 0.3 is 5.69 Å². The molecule has 0 saturated heterocycles. The maximum Gasteiger partial charge on any atom is 0.350 e. The molecule has 2 N–H and O–H groups in total. The number of carbonyl (C=O) groups is 2. The fourth-order valence-corrected chi connectivity index (χ4v) is 2.76. The van der Waals surface area contributed by atoms with Gasteiger partial charge in [-0.2, -0.15) is 0 Å². The summed E-state index contributed by atoms with van der Waals surface area (Å²) < 4.78 is 8.16. The fourth-order valence-electron chi connectivity index (χ4n) is 2.76. The number of pyridine rings is 1. The molecule has 2 heterocycles. The minimum Gasteiger partial charge on any atom is -0.494 e. The Hall–Kier alpha value is -3.62. The number of hydrogen-bond donors (Lipinski definition) is 2. The highest BCUT2D eigenvalue weighted by Gasteiger charge is 2.09. The van der Waals surface area contributed by atoms with Gasteiger partial charge in [-0.05, 0) is 49.7 Å². The highest BCUT2D eigenvalue weighted by molar-refractivity contribution is 5.96. The molecular formula is C20H23N5O4. The van der Waals surface area contributed by atoms with Crippen molar-refractivity contribution >= 4 is 17.5 Å². The van der Waals surface area contributed by atoms with Crippen LogP contribution in [0.5, 0.6) is 5.75 Å². The van der Waals surface area contributed by atoms with Crippen LogP contribution in [0, 0.1) is 0 Å². The first-order chi connectivity index (χ1) is 14.1. The van der Waals surface area contributed by atoms with Crippen LogP contribution in [0.25, 0.3) is 5.65 Å². The third kappa shape index (κ3) is 5.22. The molecule has 0 aliphatic rings. The molecule has 3 aromatic rings. The molecule has 152 valence electrons. The van der Waals surface area contributed by atoms with Crippen LogP contribution < -0.4 is 21.1 Å². The number of aryl methyl sites for hydroxylation is 1. The van der Waals surface area contributed by atoms with Crippen molar-refractivity contribution in [3.8, 4) is 5.75 Å². The number of benzene rings is 1. The van der Waals surface area contributed by atoms with Crippen LogP contribution in [0.2, 0.25) is 0 Å². The van der Waals surface area contributed by atoms with Gasteiger partial charge in [0.2, 0.25) is 5.91 Å². The molecule has 1 aromatic carbocycles. The van der Waals surface area contributed by atoms with Crippen molar-refractivity contribution in [2.75, 3.05) is 19.7 Å². The van der Waals surface area contributed by atoms with Crippen LogP contribution in [-0.4, -0.2) is 45.7 Å². The van der Waals surface area contributed by atoms with Gasteiger partial charge in [-0.25, -0.2) is 9.48 Å². The van der Waals surface area contributed by atoms with Crippen molar-refractivity contribution in [2.24, 2.45) is 0 Å². The lowest BCUT2D eigenvalue weighted by atomic mass is 10.2. The second-order valence-electron chi connectivity index (χ2n) is 6.28. The number of fused-ring (bicyclic) bond motifs is 1. The van der Waals surface area contributed by atoms with E-state index in [0.29, 0.717) is 43.1 Å². The van der Waals surface area contributed by atoms with Crippen LogP contribution in [-0.2, 0) is 11.3 Å². The number of amides is 2. The normalized spacial score (nSPS) is 10.7. The molecule has 0 spiro atoms. The zero-order valence-corrected chi connectivity index (χ0v) is 16.1. The third-order valence-corrected chi connectivity index (χ3v) is 4.19. The van der Waals surface area contributed by atoms with Gasteiger partial charge in [0, 0.05) is 24.8 Å². The van der Waals surface area contributed by atoms with Gasteiger partial charge in [0.05, 0.1) is 13.2 Å². The third-order valence-electron chi connectivity index (χ3n) is 4.19. The van der Waals surface area contributed by atoms with Crippen molar-refractivity contribution in [1.82, 2.24) is 24.8 Å². The minimum atomic E-state index is -0.334. The van der Waals surface area contributed by atoms with E-state index in [0.717, 1.165) is 0 Å². The van der Waals surface area contributed by atoms with Crippen LogP contribution in [0.1, 0.15) is 23.7 Å². The molecule has 0 aliphatic carbocycles. The van der Waals surface area contributed by atoms with Gasteiger partial charge in [0.15, 0.2) is 5.65 Å². The van der Waals surface area contributed by atoms with Crippen molar-refractivity contribution in [3.05, 3.63) is 64.7 Å². The summed E-state index contributed by atoms with van der Waals surface area (Å²) in [5.41, 5.74) is 0.820. The number of nitrogens with zero attached hydrogens (tertiary/aromatic N) is 3. The number of aromatic nitrogens is 3. The summed E-state index contributed by atoms with van der Waals surface area (Å²) in [6, 6.07) is 12.0. The lowest BCUT2D eigenvalue weighted by Crippen LogP contribution is -2.37. The fraction of sp³-hybridized carbons (Fsp3) is 0.300. The predicted molar refractivity (Wildman–Crippen MR) is 107 cm³/mol. The summed E-state index contributed by atoms with van der Waals surface area (Å²) in [6.07, 6.45) is 2.21. The minimum absolute atomic E-state index is 0.125. The molecule has 9 nitrogen and oxygen atoms in total. The Kier molecular flexibility index (Phi) is 6.62. The number of carbonyl (C=O) groups excluding carboxylic acids is 2. The molecule has 2 aromatic heterocycles. The van der Waals surface area contributed by atoms with Gasteiger partial charge in [0.25, 0.3) is 5.91 Å². The molecule has 29 heavy (non-hydrogen) atoms. The Morgan fingerprint density at radius 3 is 2.62 bits per heavy atom. The van der Waals surface area contributed by atoms with Crippen molar-refractivity contribution in [3.63, 3.8) is 0 Å². The van der Waals surface area contributed by atoms with E-state index in [4.69, 9.17) is 4.74 Å². The topological polar surface area (TPSA) is 107 Å². The van der Waals surface area contributed by atoms with E-state index in [9.17, 15) is 14.4 Å². The number of nitrogens with one attached hydrogen (secondary N) is 2. The average molecular weight is 397 g/mol. The molecule has 0 atom stereocenters. The Labute approximate surface area is 167 Å². The van der Waals surface area contributed by atoms with E-state index < -0.39 is 0 Å². The lowest BCUT2D eigenvalue weighted by Gasteiger charge is -2.08. The second kappa shape index (κ2) is 9.54. The van der Waals surface area contributed by atoms with Crippen LogP contribution >= 0.6 is 0 Å². The predicted octanol–water partition coefficient (Wildman–Crippen LogP) is 0.831. The maximum absolute atomic E-state index is 12.1. The summed E-state index contributed by atoms with van der Waals surface area (Å²) >= 11 is 0. The molecule has 2 amide bonds. The number of rotatable bonds is 9. The highest BCUT2D eigenvalue weighted by atomic mass is 16.5. The van der Waals surface area contributed by atoms with E-state index in [1.807, 2.05) is 13.0 Å². The Bertz CT molecular complexity index is 1040. The number of ether oxygens (including phenoxy) is 1. The van der Waals surface area contributed by atoms with E-state index in [1.54, 1.807) is 42.6 Å². The summed E-state index contributed by atoms with van der Waals surface area (Å²) in [4.78, 5) is 36.1. The second-order valence-corrected chi connectivity index (χ2v) is 6.28. The molecule has 0 unspecified atom stereocenters. The van der Waals surface area contributed by atoms with Gasteiger partial charge in [-0.3, -0.25) is 14.0 Å². The van der Waals surface area contributed by atoms with Gasteiger partial charge in [-0.15, -0.1) is 5.10 Å². The quantitative estimate of drug-likeness (QED) is 0.520. The summed E-state index contributed by atoms with van der Waals surface area (Å²) in [5, 5.41) is 9.52. The molecule has 0 fully saturated rings. The largest absolute Gasteiger partial charge is 0.494 e. The van der Waals surface area contributed by atoms with Crippen LogP contribution in [0.4, 0.5) is 0 Å². The summed E-state index contributed by atoms with van der Waals surface area (Å²) in [7, 11) is 0.